The summed E-state index contributed by atoms with van der Waals surface area (Å²) in [5.74, 6) is 7.78. The van der Waals surface area contributed by atoms with Crippen LogP contribution in [0.1, 0.15) is 398 Å². The van der Waals surface area contributed by atoms with Gasteiger partial charge in [0.05, 0.1) is 27.1 Å². The zero-order valence-corrected chi connectivity index (χ0v) is 63.6. The zero-order valence-electron chi connectivity index (χ0n) is 63.6. The average Bonchev–Trinajstić information content (AvgIpc) is 0.849. The van der Waals surface area contributed by atoms with Gasteiger partial charge in [-0.3, -0.25) is 24.0 Å². The number of carbonyl (C=O) groups is 5. The Bertz CT molecular complexity index is 2260. The fourth-order valence-corrected chi connectivity index (χ4v) is 16.4. The third-order valence-electron chi connectivity index (χ3n) is 26.1. The number of esters is 5. The molecule has 9 saturated carbocycles. The average molecular weight is 1360 g/mol. The first kappa shape index (κ1) is 97.5. The molecule has 6 atom stereocenters. The van der Waals surface area contributed by atoms with Crippen LogP contribution in [0, 0.1) is 98.1 Å². The minimum absolute atomic E-state index is 0. The van der Waals surface area contributed by atoms with Crippen LogP contribution in [0.15, 0.2) is 0 Å². The van der Waals surface area contributed by atoms with Crippen LogP contribution in [0.4, 0.5) is 0 Å². The lowest BCUT2D eigenvalue weighted by molar-refractivity contribution is -0.231. The van der Waals surface area contributed by atoms with Gasteiger partial charge in [-0.2, -0.15) is 0 Å². The van der Waals surface area contributed by atoms with E-state index < -0.39 is 0 Å². The third kappa shape index (κ3) is 23.4. The Kier molecular flexibility index (Phi) is 39.7. The molecule has 0 amide bonds. The van der Waals surface area contributed by atoms with Crippen molar-refractivity contribution >= 4 is 29.8 Å². The molecule has 6 bridgehead atoms. The largest absolute Gasteiger partial charge is 0.459 e. The molecule has 9 fully saturated rings. The Balaban J connectivity index is -0.00000112. The van der Waals surface area contributed by atoms with Gasteiger partial charge in [0.25, 0.3) is 0 Å². The van der Waals surface area contributed by atoms with Crippen molar-refractivity contribution in [2.24, 2.45) is 98.1 Å². The van der Waals surface area contributed by atoms with Gasteiger partial charge in [-0.15, -0.1) is 0 Å². The van der Waals surface area contributed by atoms with E-state index in [0.717, 1.165) is 100 Å². The molecule has 0 aliphatic heterocycles. The highest BCUT2D eigenvalue weighted by Gasteiger charge is 2.62. The van der Waals surface area contributed by atoms with Gasteiger partial charge in [-0.05, 0) is 295 Å². The Morgan fingerprint density at radius 2 is 0.719 bits per heavy atom. The fourth-order valence-electron chi connectivity index (χ4n) is 16.4. The smallest absolute Gasteiger partial charge is 0.312 e. The summed E-state index contributed by atoms with van der Waals surface area (Å²) in [4.78, 5) is 61.7. The minimum atomic E-state index is -0.356. The Morgan fingerprint density at radius 3 is 1.07 bits per heavy atom. The van der Waals surface area contributed by atoms with E-state index in [4.69, 9.17) is 23.7 Å². The quantitative estimate of drug-likeness (QED) is 0.0857. The normalized spacial score (nSPS) is 28.4. The van der Waals surface area contributed by atoms with E-state index in [-0.39, 0.29) is 129 Å². The summed E-state index contributed by atoms with van der Waals surface area (Å²) in [6, 6.07) is 0. The maximum atomic E-state index is 12.8. The van der Waals surface area contributed by atoms with Crippen molar-refractivity contribution in [1.29, 1.82) is 0 Å². The van der Waals surface area contributed by atoms with E-state index in [9.17, 15) is 24.0 Å². The minimum Gasteiger partial charge on any atom is -0.459 e. The van der Waals surface area contributed by atoms with Gasteiger partial charge in [0.15, 0.2) is 0 Å². The van der Waals surface area contributed by atoms with Crippen molar-refractivity contribution in [3.05, 3.63) is 0 Å². The van der Waals surface area contributed by atoms with Crippen LogP contribution in [-0.2, 0) is 47.7 Å². The van der Waals surface area contributed by atoms with Gasteiger partial charge in [0, 0.05) is 0 Å². The molecule has 0 aromatic rings. The SMILES string of the molecule is C.C.C.C.C.C.CCC(C)(C)C(=O)OC1(C(C)C)C2CC3CC(C2)CC1C3.CCC(C)(C)C(=O)OC1(C(C)C)CC2CCC1C2.CCC(C)(C)C(=O)OC1(C(C)C)CCC2CCCCC2C1.CCC(C)(C)C(=O)OC1(C(C)C)CCCCC1.CCC(C)(C)OC(=O)C(C)(C)CC. The lowest BCUT2D eigenvalue weighted by Crippen LogP contribution is -2.63. The van der Waals surface area contributed by atoms with Gasteiger partial charge < -0.3 is 23.7 Å². The van der Waals surface area contributed by atoms with Gasteiger partial charge >= 0.3 is 29.8 Å². The van der Waals surface area contributed by atoms with Crippen LogP contribution in [0.5, 0.6) is 0 Å². The molecule has 0 aromatic carbocycles. The highest BCUT2D eigenvalue weighted by Crippen LogP contribution is 2.62. The molecule has 0 saturated heterocycles. The van der Waals surface area contributed by atoms with E-state index in [0.29, 0.717) is 41.4 Å². The second kappa shape index (κ2) is 39.1. The monoisotopic (exact) mass is 1360 g/mol. The lowest BCUT2D eigenvalue weighted by atomic mass is 9.47. The molecule has 0 radical (unpaired) electrons. The molecule has 0 N–H and O–H groups in total. The van der Waals surface area contributed by atoms with Crippen molar-refractivity contribution in [3.63, 3.8) is 0 Å². The maximum absolute atomic E-state index is 12.8. The number of carbonyl (C=O) groups excluding carboxylic acids is 5. The van der Waals surface area contributed by atoms with E-state index in [1.54, 1.807) is 0 Å². The first-order chi connectivity index (χ1) is 41.5. The number of hydrogen-bond donors (Lipinski definition) is 0. The Morgan fingerprint density at radius 1 is 0.344 bits per heavy atom. The molecule has 9 aliphatic rings. The first-order valence-corrected chi connectivity index (χ1v) is 37.7. The molecule has 10 nitrogen and oxygen atoms in total. The molecular formula is C86H168O10. The fraction of sp³-hybridized carbons (Fsp3) is 0.942. The Hall–Kier alpha value is -2.65. The molecule has 6 unspecified atom stereocenters. The molecule has 0 aromatic heterocycles. The number of hydrogen-bond acceptors (Lipinski definition) is 10. The maximum Gasteiger partial charge on any atom is 0.312 e. The summed E-state index contributed by atoms with van der Waals surface area (Å²) in [6.45, 7) is 53.8. The standard InChI is InChI=1S/C19H32O2.C19H34O2.C16H28O2.C15H28O2.C11H22O2.6CH4/c1-6-18(4,5)17(20)21-19(12(2)3)15-8-13-7-14(10-15)11-16(19)9-13;1-6-18(4,5)17(20)21-19(14(2)3)12-11-15-9-7-8-10-16(15)13-19;1-6-15(4,5)14(17)18-16(11(2)3)10-12-7-8-13(16)9-12;1-6-14(4,5)13(16)17-15(12(2)3)10-8-7-9-11-15;1-7-10(3,4)9(12)13-11(5,6)8-2;;;;;;/h12-16H,6-11H2,1-5H3;14-16H,6-13H2,1-5H3;11-13H,6-10H2,1-5H3;12H,6-11H2,1-5H3;7-8H2,1-6H3;6*1H4. The summed E-state index contributed by atoms with van der Waals surface area (Å²) < 4.78 is 30.1. The summed E-state index contributed by atoms with van der Waals surface area (Å²) in [5, 5.41) is 0. The van der Waals surface area contributed by atoms with Crippen LogP contribution in [0.25, 0.3) is 0 Å². The van der Waals surface area contributed by atoms with Gasteiger partial charge in [0.2, 0.25) is 0 Å². The summed E-state index contributed by atoms with van der Waals surface area (Å²) in [5.41, 5.74) is -2.81. The molecule has 0 spiro atoms. The summed E-state index contributed by atoms with van der Waals surface area (Å²) in [6.07, 6.45) is 31.3. The summed E-state index contributed by atoms with van der Waals surface area (Å²) in [7, 11) is 0. The second-order valence-corrected chi connectivity index (χ2v) is 35.8. The molecule has 96 heavy (non-hydrogen) atoms. The predicted molar refractivity (Wildman–Crippen MR) is 411 cm³/mol. The van der Waals surface area contributed by atoms with Gasteiger partial charge in [0.1, 0.15) is 28.0 Å². The Labute approximate surface area is 598 Å². The van der Waals surface area contributed by atoms with E-state index in [2.05, 4.69) is 76.2 Å². The topological polar surface area (TPSA) is 132 Å². The highest BCUT2D eigenvalue weighted by atomic mass is 16.6. The van der Waals surface area contributed by atoms with Crippen LogP contribution in [-0.4, -0.2) is 57.9 Å². The van der Waals surface area contributed by atoms with E-state index in [1.165, 1.54) is 103 Å². The van der Waals surface area contributed by atoms with E-state index >= 15 is 0 Å². The number of fused-ring (bicyclic) bond motifs is 3. The van der Waals surface area contributed by atoms with Crippen LogP contribution in [0.3, 0.4) is 0 Å². The summed E-state index contributed by atoms with van der Waals surface area (Å²) >= 11 is 0. The number of rotatable bonds is 20. The van der Waals surface area contributed by atoms with Gasteiger partial charge in [-0.25, -0.2) is 0 Å². The molecule has 572 valence electrons. The molecule has 0 heterocycles. The van der Waals surface area contributed by atoms with Crippen molar-refractivity contribution in [3.8, 4) is 0 Å². The van der Waals surface area contributed by atoms with Crippen LogP contribution >= 0.6 is 0 Å². The van der Waals surface area contributed by atoms with Crippen LogP contribution < -0.4 is 0 Å². The van der Waals surface area contributed by atoms with Crippen LogP contribution in [0.2, 0.25) is 0 Å². The zero-order chi connectivity index (χ0) is 68.4. The molecular weight excluding hydrogens is 1190 g/mol. The van der Waals surface area contributed by atoms with Crippen molar-refractivity contribution in [2.75, 3.05) is 0 Å². The lowest BCUT2D eigenvalue weighted by Gasteiger charge is -2.62. The second-order valence-electron chi connectivity index (χ2n) is 35.8. The van der Waals surface area contributed by atoms with E-state index in [1.807, 2.05) is 104 Å². The molecule has 9 aliphatic carbocycles. The first-order valence-electron chi connectivity index (χ1n) is 37.7. The highest BCUT2D eigenvalue weighted by molar-refractivity contribution is 5.78. The van der Waals surface area contributed by atoms with Gasteiger partial charge in [-0.1, -0.05) is 174 Å². The molecule has 9 rings (SSSR count). The molecule has 10 heteroatoms. The van der Waals surface area contributed by atoms with Crippen molar-refractivity contribution in [2.45, 2.75) is 426 Å². The third-order valence-corrected chi connectivity index (χ3v) is 26.1. The van der Waals surface area contributed by atoms with Crippen molar-refractivity contribution in [1.82, 2.24) is 0 Å². The predicted octanol–water partition coefficient (Wildman–Crippen LogP) is 25.6. The number of ether oxygens (including phenoxy) is 5. The van der Waals surface area contributed by atoms with Crippen molar-refractivity contribution < 1.29 is 47.7 Å².